The Morgan fingerprint density at radius 3 is 2.18 bits per heavy atom. The highest BCUT2D eigenvalue weighted by Gasteiger charge is 2.46. The number of azide groups is 1. The van der Waals surface area contributed by atoms with Gasteiger partial charge in [-0.25, -0.2) is 9.59 Å². The zero-order chi connectivity index (χ0) is 19.9. The molecule has 0 amide bonds. The average molecular weight is 383 g/mol. The molecule has 1 aliphatic rings. The average Bonchev–Trinajstić information content (AvgIpc) is 3.02. The van der Waals surface area contributed by atoms with Crippen molar-refractivity contribution in [2.75, 3.05) is 6.61 Å². The molecule has 2 aromatic carbocycles. The van der Waals surface area contributed by atoms with Gasteiger partial charge >= 0.3 is 11.9 Å². The summed E-state index contributed by atoms with van der Waals surface area (Å²) in [7, 11) is 0. The number of hydrogen-bond donors (Lipinski definition) is 1. The van der Waals surface area contributed by atoms with Crippen LogP contribution in [0.15, 0.2) is 65.8 Å². The molecule has 0 spiro atoms. The van der Waals surface area contributed by atoms with E-state index in [9.17, 15) is 14.7 Å². The third kappa shape index (κ3) is 4.47. The van der Waals surface area contributed by atoms with Crippen LogP contribution in [0.2, 0.25) is 0 Å². The van der Waals surface area contributed by atoms with Crippen molar-refractivity contribution < 1.29 is 28.9 Å². The van der Waals surface area contributed by atoms with E-state index in [0.717, 1.165) is 0 Å². The fourth-order valence-corrected chi connectivity index (χ4v) is 2.71. The fourth-order valence-electron chi connectivity index (χ4n) is 2.71. The number of hydrogen-bond acceptors (Lipinski definition) is 7. The quantitative estimate of drug-likeness (QED) is 0.353. The summed E-state index contributed by atoms with van der Waals surface area (Å²) >= 11 is 0. The fraction of sp³-hybridized carbons (Fsp3) is 0.263. The molecule has 0 aromatic heterocycles. The molecule has 3 rings (SSSR count). The highest BCUT2D eigenvalue weighted by molar-refractivity contribution is 5.89. The summed E-state index contributed by atoms with van der Waals surface area (Å²) in [6, 6.07) is 16.5. The van der Waals surface area contributed by atoms with Crippen molar-refractivity contribution >= 4 is 11.9 Å². The van der Waals surface area contributed by atoms with Crippen LogP contribution in [-0.4, -0.2) is 48.2 Å². The highest BCUT2D eigenvalue weighted by atomic mass is 16.6. The Kier molecular flexibility index (Phi) is 6.23. The van der Waals surface area contributed by atoms with Crippen LogP contribution in [0.25, 0.3) is 10.4 Å². The number of nitrogens with zero attached hydrogens (tertiary/aromatic N) is 3. The lowest BCUT2D eigenvalue weighted by Crippen LogP contribution is -2.38. The maximum Gasteiger partial charge on any atom is 0.338 e. The van der Waals surface area contributed by atoms with Gasteiger partial charge in [-0.2, -0.15) is 0 Å². The van der Waals surface area contributed by atoms with Crippen LogP contribution >= 0.6 is 0 Å². The Labute approximate surface area is 160 Å². The minimum atomic E-state index is -1.34. The molecule has 144 valence electrons. The zero-order valence-corrected chi connectivity index (χ0v) is 14.6. The molecule has 28 heavy (non-hydrogen) atoms. The monoisotopic (exact) mass is 383 g/mol. The standard InChI is InChI=1S/C19H17N3O6/c20-22-21-17-16(28-19(25)13-9-5-2-6-10-13)15(23)14(27-17)11-26-18(24)12-7-3-1-4-8-12/h1-10,14-17,23H,11H2/t14-,15+,16-,17+/m1/s1. The lowest BCUT2D eigenvalue weighted by Gasteiger charge is -2.18. The smallest absolute Gasteiger partial charge is 0.338 e. The molecule has 9 nitrogen and oxygen atoms in total. The van der Waals surface area contributed by atoms with Crippen LogP contribution in [0.4, 0.5) is 0 Å². The number of carbonyl (C=O) groups excluding carboxylic acids is 2. The summed E-state index contributed by atoms with van der Waals surface area (Å²) in [5, 5.41) is 13.9. The first kappa shape index (κ1) is 19.4. The Morgan fingerprint density at radius 1 is 1.04 bits per heavy atom. The van der Waals surface area contributed by atoms with E-state index < -0.39 is 36.5 Å². The SMILES string of the molecule is [N-]=[N+]=N[C@H]1O[C@H](COC(=O)c2ccccc2)[C@H](O)[C@H]1OC(=O)c1ccccc1. The van der Waals surface area contributed by atoms with E-state index >= 15 is 0 Å². The number of ether oxygens (including phenoxy) is 3. The first-order chi connectivity index (χ1) is 13.6. The van der Waals surface area contributed by atoms with Gasteiger partial charge in [0.05, 0.1) is 11.1 Å². The topological polar surface area (TPSA) is 131 Å². The molecule has 9 heteroatoms. The number of carbonyl (C=O) groups is 2. The largest absolute Gasteiger partial charge is 0.459 e. The van der Waals surface area contributed by atoms with Gasteiger partial charge in [-0.1, -0.05) is 41.5 Å². The number of benzene rings is 2. The van der Waals surface area contributed by atoms with Gasteiger partial charge in [-0.15, -0.1) is 0 Å². The van der Waals surface area contributed by atoms with Crippen LogP contribution < -0.4 is 0 Å². The van der Waals surface area contributed by atoms with Crippen molar-refractivity contribution in [1.29, 1.82) is 0 Å². The Balaban J connectivity index is 1.65. The van der Waals surface area contributed by atoms with Crippen molar-refractivity contribution in [3.05, 3.63) is 82.2 Å². The van der Waals surface area contributed by atoms with Crippen LogP contribution in [-0.2, 0) is 14.2 Å². The Morgan fingerprint density at radius 2 is 1.61 bits per heavy atom. The minimum Gasteiger partial charge on any atom is -0.459 e. The van der Waals surface area contributed by atoms with E-state index in [4.69, 9.17) is 19.7 Å². The number of aliphatic hydroxyl groups is 1. The second-order valence-electron chi connectivity index (χ2n) is 5.96. The van der Waals surface area contributed by atoms with Crippen molar-refractivity contribution in [2.45, 2.75) is 24.5 Å². The molecule has 4 atom stereocenters. The molecule has 1 aliphatic heterocycles. The number of aliphatic hydroxyl groups excluding tert-OH is 1. The van der Waals surface area contributed by atoms with Gasteiger partial charge in [0.2, 0.25) is 0 Å². The molecule has 1 fully saturated rings. The van der Waals surface area contributed by atoms with Crippen molar-refractivity contribution in [2.24, 2.45) is 5.11 Å². The van der Waals surface area contributed by atoms with E-state index in [0.29, 0.717) is 5.56 Å². The van der Waals surface area contributed by atoms with Crippen LogP contribution in [0.5, 0.6) is 0 Å². The van der Waals surface area contributed by atoms with Crippen LogP contribution in [0.3, 0.4) is 0 Å². The first-order valence-corrected chi connectivity index (χ1v) is 8.46. The molecule has 0 radical (unpaired) electrons. The van der Waals surface area contributed by atoms with Gasteiger partial charge in [0, 0.05) is 4.91 Å². The second kappa shape index (κ2) is 9.01. The third-order valence-electron chi connectivity index (χ3n) is 4.12. The molecule has 0 unspecified atom stereocenters. The summed E-state index contributed by atoms with van der Waals surface area (Å²) in [4.78, 5) is 26.9. The Bertz CT molecular complexity index is 870. The highest BCUT2D eigenvalue weighted by Crippen LogP contribution is 2.26. The number of rotatable bonds is 6. The molecular formula is C19H17N3O6. The van der Waals surface area contributed by atoms with Gasteiger partial charge in [0.1, 0.15) is 18.8 Å². The van der Waals surface area contributed by atoms with Crippen molar-refractivity contribution in [1.82, 2.24) is 0 Å². The van der Waals surface area contributed by atoms with E-state index in [1.807, 2.05) is 0 Å². The molecule has 0 saturated carbocycles. The number of esters is 2. The van der Waals surface area contributed by atoms with E-state index in [2.05, 4.69) is 10.0 Å². The Hall–Kier alpha value is -3.39. The van der Waals surface area contributed by atoms with E-state index in [1.54, 1.807) is 60.7 Å². The second-order valence-corrected chi connectivity index (χ2v) is 5.96. The van der Waals surface area contributed by atoms with Gasteiger partial charge in [-0.05, 0) is 29.8 Å². The predicted molar refractivity (Wildman–Crippen MR) is 96.2 cm³/mol. The van der Waals surface area contributed by atoms with Gasteiger partial charge in [0.15, 0.2) is 12.3 Å². The first-order valence-electron chi connectivity index (χ1n) is 8.46. The van der Waals surface area contributed by atoms with E-state index in [-0.39, 0.29) is 12.2 Å². The van der Waals surface area contributed by atoms with E-state index in [1.165, 1.54) is 0 Å². The molecule has 0 aliphatic carbocycles. The van der Waals surface area contributed by atoms with Gasteiger partial charge in [-0.3, -0.25) is 0 Å². The predicted octanol–water partition coefficient (Wildman–Crippen LogP) is 2.47. The molecular weight excluding hydrogens is 366 g/mol. The van der Waals surface area contributed by atoms with Crippen molar-refractivity contribution in [3.8, 4) is 0 Å². The lowest BCUT2D eigenvalue weighted by molar-refractivity contribution is -0.0320. The van der Waals surface area contributed by atoms with Crippen LogP contribution in [0.1, 0.15) is 20.7 Å². The molecule has 1 N–H and O–H groups in total. The van der Waals surface area contributed by atoms with Gasteiger partial charge in [0.25, 0.3) is 0 Å². The van der Waals surface area contributed by atoms with Crippen molar-refractivity contribution in [3.63, 3.8) is 0 Å². The summed E-state index contributed by atoms with van der Waals surface area (Å²) in [6.45, 7) is -0.300. The molecule has 1 heterocycles. The van der Waals surface area contributed by atoms with Crippen LogP contribution in [0, 0.1) is 0 Å². The molecule has 2 aromatic rings. The minimum absolute atomic E-state index is 0.272. The maximum atomic E-state index is 12.2. The van der Waals surface area contributed by atoms with Gasteiger partial charge < -0.3 is 19.3 Å². The summed E-state index contributed by atoms with van der Waals surface area (Å²) in [5.41, 5.74) is 9.32. The zero-order valence-electron chi connectivity index (χ0n) is 14.6. The lowest BCUT2D eigenvalue weighted by atomic mass is 10.1. The summed E-state index contributed by atoms with van der Waals surface area (Å²) < 4.78 is 15.8. The third-order valence-corrected chi connectivity index (χ3v) is 4.12. The normalized spacial score (nSPS) is 23.5. The summed E-state index contributed by atoms with van der Waals surface area (Å²) in [6.07, 6.45) is -4.83. The molecule has 1 saturated heterocycles. The maximum absolute atomic E-state index is 12.2. The summed E-state index contributed by atoms with van der Waals surface area (Å²) in [5.74, 6) is -1.30. The molecule has 0 bridgehead atoms.